The first-order chi connectivity index (χ1) is 10.1. The van der Waals surface area contributed by atoms with E-state index in [-0.39, 0.29) is 11.6 Å². The number of hydrogen-bond donors (Lipinski definition) is 0. The first kappa shape index (κ1) is 14.7. The predicted octanol–water partition coefficient (Wildman–Crippen LogP) is 3.77. The Morgan fingerprint density at radius 3 is 2.62 bits per heavy atom. The second-order valence-corrected chi connectivity index (χ2v) is 6.88. The van der Waals surface area contributed by atoms with Crippen molar-refractivity contribution in [1.82, 2.24) is 4.90 Å². The van der Waals surface area contributed by atoms with Crippen molar-refractivity contribution < 1.29 is 9.18 Å². The molecule has 0 amide bonds. The maximum Gasteiger partial charge on any atom is 0.164 e. The number of nitrogens with zero attached hydrogens (tertiary/aromatic N) is 1. The van der Waals surface area contributed by atoms with Gasteiger partial charge < -0.3 is 4.90 Å². The third-order valence-electron chi connectivity index (χ3n) is 5.32. The zero-order chi connectivity index (χ0) is 14.8. The van der Waals surface area contributed by atoms with E-state index in [2.05, 4.69) is 11.9 Å². The molecule has 2 aliphatic rings. The lowest BCUT2D eigenvalue weighted by molar-refractivity contribution is 0.0963. The van der Waals surface area contributed by atoms with Crippen LogP contribution in [-0.4, -0.2) is 30.8 Å². The van der Waals surface area contributed by atoms with Crippen molar-refractivity contribution in [3.8, 4) is 0 Å². The molecule has 0 aliphatic heterocycles. The maximum atomic E-state index is 12.8. The van der Waals surface area contributed by atoms with Crippen molar-refractivity contribution in [2.24, 2.45) is 17.8 Å². The van der Waals surface area contributed by atoms with Gasteiger partial charge in [-0.1, -0.05) is 6.42 Å². The molecular weight excluding hydrogens is 265 g/mol. The Balaban J connectivity index is 1.44. The Morgan fingerprint density at radius 1 is 1.24 bits per heavy atom. The molecule has 3 unspecified atom stereocenters. The van der Waals surface area contributed by atoms with E-state index in [1.165, 1.54) is 37.8 Å². The van der Waals surface area contributed by atoms with E-state index in [1.54, 1.807) is 12.1 Å². The standard InChI is InChI=1S/C18H24FNO/c1-20(12-16-11-13-2-3-15(16)10-13)9-8-18(21)14-4-6-17(19)7-5-14/h4-7,13,15-16H,2-3,8-12H2,1H3. The topological polar surface area (TPSA) is 20.3 Å². The predicted molar refractivity (Wildman–Crippen MR) is 81.8 cm³/mol. The van der Waals surface area contributed by atoms with E-state index in [0.29, 0.717) is 12.0 Å². The second-order valence-electron chi connectivity index (χ2n) is 6.88. The number of fused-ring (bicyclic) bond motifs is 2. The smallest absolute Gasteiger partial charge is 0.164 e. The number of hydrogen-bond acceptors (Lipinski definition) is 2. The van der Waals surface area contributed by atoms with Gasteiger partial charge >= 0.3 is 0 Å². The summed E-state index contributed by atoms with van der Waals surface area (Å²) in [6, 6.07) is 5.86. The van der Waals surface area contributed by atoms with Gasteiger partial charge in [0.2, 0.25) is 0 Å². The van der Waals surface area contributed by atoms with Gasteiger partial charge in [0, 0.05) is 25.1 Å². The van der Waals surface area contributed by atoms with Crippen LogP contribution >= 0.6 is 0 Å². The molecule has 2 bridgehead atoms. The van der Waals surface area contributed by atoms with Crippen LogP contribution in [0.5, 0.6) is 0 Å². The summed E-state index contributed by atoms with van der Waals surface area (Å²) < 4.78 is 12.8. The number of ketones is 1. The molecule has 21 heavy (non-hydrogen) atoms. The molecule has 3 heteroatoms. The van der Waals surface area contributed by atoms with Gasteiger partial charge in [-0.25, -0.2) is 4.39 Å². The minimum absolute atomic E-state index is 0.106. The molecule has 2 nitrogen and oxygen atoms in total. The summed E-state index contributed by atoms with van der Waals surface area (Å²) in [6.07, 6.45) is 6.20. The fourth-order valence-corrected chi connectivity index (χ4v) is 4.16. The first-order valence-corrected chi connectivity index (χ1v) is 8.09. The summed E-state index contributed by atoms with van der Waals surface area (Å²) in [5, 5.41) is 0. The van der Waals surface area contributed by atoms with Gasteiger partial charge in [0.1, 0.15) is 5.82 Å². The molecule has 0 N–H and O–H groups in total. The van der Waals surface area contributed by atoms with Crippen molar-refractivity contribution in [2.45, 2.75) is 32.1 Å². The van der Waals surface area contributed by atoms with Gasteiger partial charge in [-0.3, -0.25) is 4.79 Å². The maximum absolute atomic E-state index is 12.8. The largest absolute Gasteiger partial charge is 0.306 e. The summed E-state index contributed by atoms with van der Waals surface area (Å²) in [4.78, 5) is 14.4. The van der Waals surface area contributed by atoms with Gasteiger partial charge in [-0.2, -0.15) is 0 Å². The van der Waals surface area contributed by atoms with Crippen molar-refractivity contribution >= 4 is 5.78 Å². The van der Waals surface area contributed by atoms with Crippen LogP contribution in [0.4, 0.5) is 4.39 Å². The highest BCUT2D eigenvalue weighted by atomic mass is 19.1. The lowest BCUT2D eigenvalue weighted by atomic mass is 9.88. The van der Waals surface area contributed by atoms with Crippen LogP contribution < -0.4 is 0 Å². The summed E-state index contributed by atoms with van der Waals surface area (Å²) in [7, 11) is 2.12. The molecule has 3 atom stereocenters. The molecule has 0 radical (unpaired) electrons. The van der Waals surface area contributed by atoms with Gasteiger partial charge in [0.05, 0.1) is 0 Å². The van der Waals surface area contributed by atoms with Gasteiger partial charge in [-0.05, 0) is 68.3 Å². The van der Waals surface area contributed by atoms with Crippen LogP contribution in [0, 0.1) is 23.6 Å². The summed E-state index contributed by atoms with van der Waals surface area (Å²) in [5.74, 6) is 2.57. The molecule has 2 aliphatic carbocycles. The highest BCUT2D eigenvalue weighted by molar-refractivity contribution is 5.96. The fraction of sp³-hybridized carbons (Fsp3) is 0.611. The number of rotatable bonds is 6. The second kappa shape index (κ2) is 6.27. The van der Waals surface area contributed by atoms with Crippen LogP contribution in [0.2, 0.25) is 0 Å². The van der Waals surface area contributed by atoms with E-state index in [1.807, 2.05) is 0 Å². The van der Waals surface area contributed by atoms with Crippen LogP contribution in [0.3, 0.4) is 0 Å². The van der Waals surface area contributed by atoms with E-state index in [0.717, 1.165) is 30.8 Å². The number of benzene rings is 1. The molecule has 0 aromatic heterocycles. The van der Waals surface area contributed by atoms with E-state index < -0.39 is 0 Å². The van der Waals surface area contributed by atoms with Gasteiger partial charge in [0.15, 0.2) is 5.78 Å². The number of carbonyl (C=O) groups is 1. The molecule has 0 saturated heterocycles. The normalized spacial score (nSPS) is 27.5. The highest BCUT2D eigenvalue weighted by Gasteiger charge is 2.39. The minimum atomic E-state index is -0.292. The summed E-state index contributed by atoms with van der Waals surface area (Å²) in [5.41, 5.74) is 0.615. The lowest BCUT2D eigenvalue weighted by Gasteiger charge is -2.27. The summed E-state index contributed by atoms with van der Waals surface area (Å²) in [6.45, 7) is 1.92. The Hall–Kier alpha value is -1.22. The Morgan fingerprint density at radius 2 is 2.00 bits per heavy atom. The first-order valence-electron chi connectivity index (χ1n) is 8.09. The zero-order valence-electron chi connectivity index (χ0n) is 12.7. The fourth-order valence-electron chi connectivity index (χ4n) is 4.16. The molecule has 114 valence electrons. The molecule has 1 aromatic carbocycles. The van der Waals surface area contributed by atoms with Crippen molar-refractivity contribution in [3.05, 3.63) is 35.6 Å². The minimum Gasteiger partial charge on any atom is -0.306 e. The highest BCUT2D eigenvalue weighted by Crippen LogP contribution is 2.48. The lowest BCUT2D eigenvalue weighted by Crippen LogP contribution is -2.30. The third kappa shape index (κ3) is 3.52. The molecule has 2 fully saturated rings. The van der Waals surface area contributed by atoms with Crippen LogP contribution in [0.1, 0.15) is 42.5 Å². The third-order valence-corrected chi connectivity index (χ3v) is 5.32. The number of halogens is 1. The van der Waals surface area contributed by atoms with Crippen molar-refractivity contribution in [2.75, 3.05) is 20.1 Å². The number of carbonyl (C=O) groups excluding carboxylic acids is 1. The summed E-state index contributed by atoms with van der Waals surface area (Å²) >= 11 is 0. The van der Waals surface area contributed by atoms with Crippen LogP contribution in [0.25, 0.3) is 0 Å². The molecule has 2 saturated carbocycles. The van der Waals surface area contributed by atoms with Crippen LogP contribution in [0.15, 0.2) is 24.3 Å². The molecule has 1 aromatic rings. The number of Topliss-reactive ketones (excluding diaryl/α,β-unsaturated/α-hetero) is 1. The zero-order valence-corrected chi connectivity index (χ0v) is 12.7. The Kier molecular flexibility index (Phi) is 4.39. The Labute approximate surface area is 126 Å². The van der Waals surface area contributed by atoms with Gasteiger partial charge in [0.25, 0.3) is 0 Å². The Bertz CT molecular complexity index is 498. The van der Waals surface area contributed by atoms with E-state index >= 15 is 0 Å². The SMILES string of the molecule is CN(CCC(=O)c1ccc(F)cc1)CC1CC2CCC1C2. The average molecular weight is 289 g/mol. The van der Waals surface area contributed by atoms with E-state index in [9.17, 15) is 9.18 Å². The quantitative estimate of drug-likeness (QED) is 0.743. The van der Waals surface area contributed by atoms with Crippen molar-refractivity contribution in [3.63, 3.8) is 0 Å². The monoisotopic (exact) mass is 289 g/mol. The molecular formula is C18H24FNO. The van der Waals surface area contributed by atoms with Crippen LogP contribution in [-0.2, 0) is 0 Å². The average Bonchev–Trinajstić information content (AvgIpc) is 3.08. The van der Waals surface area contributed by atoms with Crippen molar-refractivity contribution in [1.29, 1.82) is 0 Å². The molecule has 0 spiro atoms. The molecule has 3 rings (SSSR count). The molecule has 0 heterocycles. The van der Waals surface area contributed by atoms with E-state index in [4.69, 9.17) is 0 Å². The van der Waals surface area contributed by atoms with Gasteiger partial charge in [-0.15, -0.1) is 0 Å².